The standard InChI is InChI=1S/C13H20O7/c1-11(2)16-5-7(19-11)9-13(8(14)10(15)18-9)6-17-12(3,4)20-13/h7-9,14H,5-6H2,1-4H3/t7-,8+,9-,13+/m1/s1. The second-order valence-electron chi connectivity index (χ2n) is 6.37. The summed E-state index contributed by atoms with van der Waals surface area (Å²) in [6.45, 7) is 7.35. The highest BCUT2D eigenvalue weighted by atomic mass is 16.8. The van der Waals surface area contributed by atoms with Gasteiger partial charge in [-0.05, 0) is 27.7 Å². The number of hydrogen-bond acceptors (Lipinski definition) is 7. The quantitative estimate of drug-likeness (QED) is 0.677. The number of hydrogen-bond donors (Lipinski definition) is 1. The molecule has 3 aliphatic rings. The van der Waals surface area contributed by atoms with Gasteiger partial charge in [0.15, 0.2) is 29.4 Å². The zero-order valence-corrected chi connectivity index (χ0v) is 12.0. The van der Waals surface area contributed by atoms with E-state index < -0.39 is 41.5 Å². The van der Waals surface area contributed by atoms with E-state index in [1.807, 2.05) is 0 Å². The average Bonchev–Trinajstić information content (AvgIpc) is 2.91. The van der Waals surface area contributed by atoms with Gasteiger partial charge >= 0.3 is 5.97 Å². The Hall–Kier alpha value is -0.730. The molecular formula is C13H20O7. The van der Waals surface area contributed by atoms with Crippen molar-refractivity contribution in [3.8, 4) is 0 Å². The van der Waals surface area contributed by atoms with Gasteiger partial charge in [-0.3, -0.25) is 0 Å². The molecule has 0 radical (unpaired) electrons. The van der Waals surface area contributed by atoms with Crippen LogP contribution >= 0.6 is 0 Å². The second-order valence-corrected chi connectivity index (χ2v) is 6.37. The molecule has 0 saturated carbocycles. The topological polar surface area (TPSA) is 83.5 Å². The Morgan fingerprint density at radius 3 is 2.35 bits per heavy atom. The van der Waals surface area contributed by atoms with Crippen LogP contribution in [-0.4, -0.2) is 59.8 Å². The lowest BCUT2D eigenvalue weighted by Gasteiger charge is -2.32. The highest BCUT2D eigenvalue weighted by molar-refractivity contribution is 5.79. The maximum atomic E-state index is 11.8. The van der Waals surface area contributed by atoms with E-state index in [0.29, 0.717) is 0 Å². The molecule has 3 fully saturated rings. The van der Waals surface area contributed by atoms with E-state index in [4.69, 9.17) is 23.7 Å². The maximum absolute atomic E-state index is 11.8. The van der Waals surface area contributed by atoms with Gasteiger partial charge in [0, 0.05) is 0 Å². The molecule has 7 nitrogen and oxygen atoms in total. The molecule has 0 aromatic heterocycles. The van der Waals surface area contributed by atoms with Gasteiger partial charge in [-0.15, -0.1) is 0 Å². The normalized spacial score (nSPS) is 46.0. The van der Waals surface area contributed by atoms with E-state index in [1.165, 1.54) is 0 Å². The van der Waals surface area contributed by atoms with Gasteiger partial charge in [0.05, 0.1) is 13.2 Å². The van der Waals surface area contributed by atoms with Gasteiger partial charge in [-0.2, -0.15) is 0 Å². The van der Waals surface area contributed by atoms with Crippen molar-refractivity contribution in [1.29, 1.82) is 0 Å². The van der Waals surface area contributed by atoms with Crippen LogP contribution < -0.4 is 0 Å². The first-order valence-corrected chi connectivity index (χ1v) is 6.70. The molecule has 0 aliphatic carbocycles. The van der Waals surface area contributed by atoms with Gasteiger partial charge in [0.2, 0.25) is 0 Å². The molecule has 1 N–H and O–H groups in total. The Morgan fingerprint density at radius 2 is 1.85 bits per heavy atom. The Labute approximate surface area is 117 Å². The van der Waals surface area contributed by atoms with E-state index in [2.05, 4.69) is 0 Å². The number of esters is 1. The molecular weight excluding hydrogens is 268 g/mol. The zero-order valence-electron chi connectivity index (χ0n) is 12.0. The maximum Gasteiger partial charge on any atom is 0.338 e. The fourth-order valence-corrected chi connectivity index (χ4v) is 2.98. The number of carbonyl (C=O) groups excluding carboxylic acids is 1. The molecule has 3 heterocycles. The van der Waals surface area contributed by atoms with E-state index >= 15 is 0 Å². The molecule has 0 amide bonds. The van der Waals surface area contributed by atoms with Crippen molar-refractivity contribution >= 4 is 5.97 Å². The third-order valence-electron chi connectivity index (χ3n) is 3.86. The molecule has 3 rings (SSSR count). The summed E-state index contributed by atoms with van der Waals surface area (Å²) in [4.78, 5) is 11.8. The van der Waals surface area contributed by atoms with Crippen LogP contribution in [-0.2, 0) is 28.5 Å². The molecule has 0 bridgehead atoms. The van der Waals surface area contributed by atoms with Gasteiger partial charge in [-0.1, -0.05) is 0 Å². The molecule has 3 aliphatic heterocycles. The van der Waals surface area contributed by atoms with Gasteiger partial charge in [0.1, 0.15) is 6.10 Å². The summed E-state index contributed by atoms with van der Waals surface area (Å²) in [7, 11) is 0. The van der Waals surface area contributed by atoms with Crippen LogP contribution in [0.15, 0.2) is 0 Å². The lowest BCUT2D eigenvalue weighted by molar-refractivity contribution is -0.206. The van der Waals surface area contributed by atoms with Crippen molar-refractivity contribution in [3.63, 3.8) is 0 Å². The molecule has 0 unspecified atom stereocenters. The summed E-state index contributed by atoms with van der Waals surface area (Å²) in [5.74, 6) is -2.35. The summed E-state index contributed by atoms with van der Waals surface area (Å²) in [5, 5.41) is 10.2. The molecule has 0 aromatic rings. The van der Waals surface area contributed by atoms with E-state index in [-0.39, 0.29) is 13.2 Å². The largest absolute Gasteiger partial charge is 0.454 e. The highest BCUT2D eigenvalue weighted by Gasteiger charge is 2.67. The minimum Gasteiger partial charge on any atom is -0.454 e. The number of carbonyl (C=O) groups is 1. The lowest BCUT2D eigenvalue weighted by Crippen LogP contribution is -2.55. The number of aliphatic hydroxyl groups is 1. The highest BCUT2D eigenvalue weighted by Crippen LogP contribution is 2.44. The average molecular weight is 288 g/mol. The summed E-state index contributed by atoms with van der Waals surface area (Å²) < 4.78 is 27.9. The van der Waals surface area contributed by atoms with Crippen LogP contribution in [0, 0.1) is 0 Å². The number of cyclic esters (lactones) is 1. The van der Waals surface area contributed by atoms with Crippen LogP contribution in [0.3, 0.4) is 0 Å². The Balaban J connectivity index is 1.88. The smallest absolute Gasteiger partial charge is 0.338 e. The fourth-order valence-electron chi connectivity index (χ4n) is 2.98. The van der Waals surface area contributed by atoms with Crippen molar-refractivity contribution in [2.75, 3.05) is 13.2 Å². The van der Waals surface area contributed by atoms with Crippen LogP contribution in [0.4, 0.5) is 0 Å². The van der Waals surface area contributed by atoms with Crippen molar-refractivity contribution < 1.29 is 33.6 Å². The van der Waals surface area contributed by atoms with Crippen LogP contribution in [0.5, 0.6) is 0 Å². The third-order valence-corrected chi connectivity index (χ3v) is 3.86. The molecule has 0 aromatic carbocycles. The van der Waals surface area contributed by atoms with Crippen molar-refractivity contribution in [2.45, 2.75) is 63.2 Å². The first-order valence-electron chi connectivity index (χ1n) is 6.70. The molecule has 1 spiro atoms. The van der Waals surface area contributed by atoms with E-state index in [9.17, 15) is 9.90 Å². The summed E-state index contributed by atoms with van der Waals surface area (Å²) >= 11 is 0. The minimum atomic E-state index is -1.39. The summed E-state index contributed by atoms with van der Waals surface area (Å²) in [6, 6.07) is 0. The third kappa shape index (κ3) is 2.05. The number of ether oxygens (including phenoxy) is 5. The van der Waals surface area contributed by atoms with Crippen molar-refractivity contribution in [3.05, 3.63) is 0 Å². The molecule has 114 valence electrons. The zero-order chi connectivity index (χ0) is 14.8. The van der Waals surface area contributed by atoms with Crippen molar-refractivity contribution in [2.24, 2.45) is 0 Å². The van der Waals surface area contributed by atoms with Crippen LogP contribution in [0.25, 0.3) is 0 Å². The van der Waals surface area contributed by atoms with Crippen LogP contribution in [0.2, 0.25) is 0 Å². The predicted octanol–water partition coefficient (Wildman–Crippen LogP) is -0.0541. The molecule has 7 heteroatoms. The molecule has 3 saturated heterocycles. The molecule has 20 heavy (non-hydrogen) atoms. The summed E-state index contributed by atoms with van der Waals surface area (Å²) in [6.07, 6.45) is -2.64. The van der Waals surface area contributed by atoms with E-state index in [0.717, 1.165) is 0 Å². The van der Waals surface area contributed by atoms with Crippen LogP contribution in [0.1, 0.15) is 27.7 Å². The lowest BCUT2D eigenvalue weighted by atomic mass is 9.90. The van der Waals surface area contributed by atoms with Crippen molar-refractivity contribution in [1.82, 2.24) is 0 Å². The SMILES string of the molecule is CC1(C)OC[C@H]([C@H]2OC(=O)[C@H](O)[C@@]23COC(C)(C)O3)O1. The first kappa shape index (κ1) is 14.2. The Kier molecular flexibility index (Phi) is 2.94. The Bertz CT molecular complexity index is 432. The first-order chi connectivity index (χ1) is 9.15. The predicted molar refractivity (Wildman–Crippen MR) is 64.6 cm³/mol. The minimum absolute atomic E-state index is 0.0673. The number of aliphatic hydroxyl groups excluding tert-OH is 1. The molecule has 4 atom stereocenters. The van der Waals surface area contributed by atoms with Gasteiger partial charge in [0.25, 0.3) is 0 Å². The van der Waals surface area contributed by atoms with E-state index in [1.54, 1.807) is 27.7 Å². The van der Waals surface area contributed by atoms with Gasteiger partial charge in [-0.25, -0.2) is 4.79 Å². The Morgan fingerprint density at radius 1 is 1.15 bits per heavy atom. The monoisotopic (exact) mass is 288 g/mol. The second kappa shape index (κ2) is 4.14. The van der Waals surface area contributed by atoms with Gasteiger partial charge < -0.3 is 28.8 Å². The number of rotatable bonds is 1. The summed E-state index contributed by atoms with van der Waals surface area (Å²) in [5.41, 5.74) is -1.24. The fraction of sp³-hybridized carbons (Fsp3) is 0.923.